The fourth-order valence-electron chi connectivity index (χ4n) is 3.36. The standard InChI is InChI=1S/C19H41P.ClH/c1-5-9-13-15-18(14-10-6-2)19(20,16-11-7-3)17-12-8-4;/h18H,5-17,20H2,1-4H3;1H. The van der Waals surface area contributed by atoms with Crippen LogP contribution in [0.2, 0.25) is 0 Å². The van der Waals surface area contributed by atoms with Gasteiger partial charge in [-0.1, -0.05) is 85.5 Å². The van der Waals surface area contributed by atoms with E-state index in [1.54, 1.807) is 0 Å². The van der Waals surface area contributed by atoms with Gasteiger partial charge in [0.15, 0.2) is 0 Å². The first-order valence-corrected chi connectivity index (χ1v) is 10.0. The maximum atomic E-state index is 3.34. The van der Waals surface area contributed by atoms with Crippen LogP contribution in [-0.2, 0) is 0 Å². The molecule has 21 heavy (non-hydrogen) atoms. The first-order valence-electron chi connectivity index (χ1n) is 9.43. The van der Waals surface area contributed by atoms with Gasteiger partial charge < -0.3 is 0 Å². The van der Waals surface area contributed by atoms with Crippen LogP contribution in [0.5, 0.6) is 0 Å². The van der Waals surface area contributed by atoms with Gasteiger partial charge in [0.05, 0.1) is 0 Å². The van der Waals surface area contributed by atoms with E-state index in [0.29, 0.717) is 5.16 Å². The summed E-state index contributed by atoms with van der Waals surface area (Å²) in [5.74, 6) is 0.942. The van der Waals surface area contributed by atoms with Gasteiger partial charge in [0.25, 0.3) is 0 Å². The summed E-state index contributed by atoms with van der Waals surface area (Å²) in [6.45, 7) is 9.33. The van der Waals surface area contributed by atoms with Crippen LogP contribution in [0.15, 0.2) is 0 Å². The molecule has 0 spiro atoms. The summed E-state index contributed by atoms with van der Waals surface area (Å²) in [6, 6.07) is 0. The molecular weight excluding hydrogens is 295 g/mol. The molecule has 2 unspecified atom stereocenters. The SMILES string of the molecule is CCCCCC(CCCC)C(P)(CCCC)CCCC.Cl. The van der Waals surface area contributed by atoms with Crippen molar-refractivity contribution in [3.05, 3.63) is 0 Å². The molecule has 0 rings (SSSR count). The highest BCUT2D eigenvalue weighted by atomic mass is 35.5. The zero-order valence-corrected chi connectivity index (χ0v) is 17.2. The van der Waals surface area contributed by atoms with Crippen molar-refractivity contribution in [1.82, 2.24) is 0 Å². The Bertz CT molecular complexity index is 198. The molecule has 0 aromatic carbocycles. The lowest BCUT2D eigenvalue weighted by Crippen LogP contribution is -2.32. The van der Waals surface area contributed by atoms with Gasteiger partial charge in [-0.2, -0.15) is 0 Å². The largest absolute Gasteiger partial charge is 0.147 e. The van der Waals surface area contributed by atoms with E-state index in [9.17, 15) is 0 Å². The second-order valence-corrected chi connectivity index (χ2v) is 7.93. The van der Waals surface area contributed by atoms with Crippen LogP contribution in [0, 0.1) is 5.92 Å². The molecule has 2 heteroatoms. The molecule has 0 amide bonds. The number of rotatable bonds is 14. The van der Waals surface area contributed by atoms with E-state index in [-0.39, 0.29) is 12.4 Å². The lowest BCUT2D eigenvalue weighted by molar-refractivity contribution is 0.275. The highest BCUT2D eigenvalue weighted by molar-refractivity contribution is 7.19. The molecule has 0 N–H and O–H groups in total. The van der Waals surface area contributed by atoms with Crippen LogP contribution < -0.4 is 0 Å². The van der Waals surface area contributed by atoms with Crippen molar-refractivity contribution < 1.29 is 0 Å². The Balaban J connectivity index is 0. The van der Waals surface area contributed by atoms with Gasteiger partial charge in [-0.05, 0) is 36.8 Å². The summed E-state index contributed by atoms with van der Waals surface area (Å²) < 4.78 is 0. The van der Waals surface area contributed by atoms with Crippen LogP contribution in [0.1, 0.15) is 111 Å². The van der Waals surface area contributed by atoms with Gasteiger partial charge in [-0.15, -0.1) is 21.6 Å². The van der Waals surface area contributed by atoms with Gasteiger partial charge in [0, 0.05) is 0 Å². The lowest BCUT2D eigenvalue weighted by Gasteiger charge is -2.39. The Morgan fingerprint density at radius 3 is 1.52 bits per heavy atom. The summed E-state index contributed by atoms with van der Waals surface area (Å²) in [7, 11) is 3.34. The molecule has 0 fully saturated rings. The third-order valence-electron chi connectivity index (χ3n) is 4.87. The average molecular weight is 337 g/mol. The van der Waals surface area contributed by atoms with Crippen molar-refractivity contribution >= 4 is 21.6 Å². The molecular formula is C19H42ClP. The van der Waals surface area contributed by atoms with Crippen molar-refractivity contribution in [3.63, 3.8) is 0 Å². The molecule has 2 atom stereocenters. The number of hydrogen-bond acceptors (Lipinski definition) is 0. The normalized spacial score (nSPS) is 13.0. The van der Waals surface area contributed by atoms with Crippen LogP contribution in [0.4, 0.5) is 0 Å². The summed E-state index contributed by atoms with van der Waals surface area (Å²) in [5.41, 5.74) is 0. The zero-order valence-electron chi connectivity index (χ0n) is 15.3. The topological polar surface area (TPSA) is 0 Å². The van der Waals surface area contributed by atoms with Crippen LogP contribution >= 0.6 is 21.6 Å². The van der Waals surface area contributed by atoms with E-state index in [2.05, 4.69) is 36.9 Å². The maximum Gasteiger partial charge on any atom is -0.0122 e. The van der Waals surface area contributed by atoms with E-state index in [1.807, 2.05) is 0 Å². The van der Waals surface area contributed by atoms with Crippen molar-refractivity contribution in [2.45, 2.75) is 116 Å². The molecule has 0 aliphatic rings. The predicted octanol–water partition coefficient (Wildman–Crippen LogP) is 7.79. The Morgan fingerprint density at radius 1 is 0.667 bits per heavy atom. The number of unbranched alkanes of at least 4 members (excludes halogenated alkanes) is 5. The third-order valence-corrected chi connectivity index (χ3v) is 5.92. The van der Waals surface area contributed by atoms with Gasteiger partial charge >= 0.3 is 0 Å². The van der Waals surface area contributed by atoms with Gasteiger partial charge in [-0.3, -0.25) is 0 Å². The molecule has 0 aliphatic carbocycles. The second-order valence-electron chi connectivity index (χ2n) is 6.78. The fourth-order valence-corrected chi connectivity index (χ4v) is 4.10. The molecule has 130 valence electrons. The average Bonchev–Trinajstić information content (AvgIpc) is 2.46. The van der Waals surface area contributed by atoms with Crippen LogP contribution in [0.25, 0.3) is 0 Å². The van der Waals surface area contributed by atoms with Gasteiger partial charge in [-0.25, -0.2) is 0 Å². The minimum absolute atomic E-state index is 0. The smallest absolute Gasteiger partial charge is 0.0122 e. The van der Waals surface area contributed by atoms with E-state index in [0.717, 1.165) is 5.92 Å². The first-order chi connectivity index (χ1) is 9.64. The molecule has 0 radical (unpaired) electrons. The Morgan fingerprint density at radius 2 is 1.10 bits per heavy atom. The second kappa shape index (κ2) is 15.6. The minimum Gasteiger partial charge on any atom is -0.147 e. The van der Waals surface area contributed by atoms with Crippen molar-refractivity contribution in [2.75, 3.05) is 0 Å². The Hall–Kier alpha value is 0.720. The highest BCUT2D eigenvalue weighted by Gasteiger charge is 2.32. The zero-order chi connectivity index (χ0) is 15.3. The summed E-state index contributed by atoms with van der Waals surface area (Å²) in [6.07, 6.45) is 18.3. The molecule has 0 saturated carbocycles. The van der Waals surface area contributed by atoms with Crippen LogP contribution in [0.3, 0.4) is 0 Å². The monoisotopic (exact) mass is 336 g/mol. The fraction of sp³-hybridized carbons (Fsp3) is 1.00. The van der Waals surface area contributed by atoms with Gasteiger partial charge in [0.2, 0.25) is 0 Å². The van der Waals surface area contributed by atoms with Crippen molar-refractivity contribution in [1.29, 1.82) is 0 Å². The summed E-state index contributed by atoms with van der Waals surface area (Å²) in [4.78, 5) is 0. The lowest BCUT2D eigenvalue weighted by atomic mass is 9.77. The number of hydrogen-bond donors (Lipinski definition) is 0. The molecule has 0 aromatic heterocycles. The van der Waals surface area contributed by atoms with E-state index in [1.165, 1.54) is 83.5 Å². The Kier molecular flexibility index (Phi) is 17.8. The number of halogens is 1. The van der Waals surface area contributed by atoms with E-state index in [4.69, 9.17) is 0 Å². The quantitative estimate of drug-likeness (QED) is 0.224. The first kappa shape index (κ1) is 24.0. The summed E-state index contributed by atoms with van der Waals surface area (Å²) in [5, 5.41) is 0.537. The van der Waals surface area contributed by atoms with E-state index >= 15 is 0 Å². The van der Waals surface area contributed by atoms with Gasteiger partial charge in [0.1, 0.15) is 0 Å². The maximum absolute atomic E-state index is 3.34. The van der Waals surface area contributed by atoms with Crippen molar-refractivity contribution in [3.8, 4) is 0 Å². The van der Waals surface area contributed by atoms with Crippen LogP contribution in [-0.4, -0.2) is 5.16 Å². The molecule has 0 aliphatic heterocycles. The predicted molar refractivity (Wildman–Crippen MR) is 106 cm³/mol. The molecule has 0 saturated heterocycles. The molecule has 0 nitrogen and oxygen atoms in total. The third kappa shape index (κ3) is 11.0. The van der Waals surface area contributed by atoms with Crippen molar-refractivity contribution in [2.24, 2.45) is 5.92 Å². The molecule has 0 aromatic rings. The minimum atomic E-state index is 0. The van der Waals surface area contributed by atoms with E-state index < -0.39 is 0 Å². The highest BCUT2D eigenvalue weighted by Crippen LogP contribution is 2.43. The molecule has 0 heterocycles. The summed E-state index contributed by atoms with van der Waals surface area (Å²) >= 11 is 0. The Labute approximate surface area is 144 Å². The molecule has 0 bridgehead atoms.